The minimum Gasteiger partial charge on any atom is -0.456 e. The van der Waals surface area contributed by atoms with Crippen molar-refractivity contribution in [1.82, 2.24) is 5.32 Å². The molecule has 1 saturated heterocycles. The number of alkyl halides is 3. The van der Waals surface area contributed by atoms with Gasteiger partial charge in [-0.25, -0.2) is 0 Å². The second-order valence-electron chi connectivity index (χ2n) is 3.40. The Balaban J connectivity index is 2.17. The molecule has 0 bridgehead atoms. The molecule has 1 atom stereocenters. The van der Waals surface area contributed by atoms with E-state index in [1.54, 1.807) is 0 Å². The Bertz CT molecular complexity index is 383. The first-order chi connectivity index (χ1) is 6.97. The normalized spacial score (nSPS) is 21.8. The SMILES string of the molecule is O=C1CC(c2ccc(C(F)(F)F)o2)CN1. The van der Waals surface area contributed by atoms with Crippen LogP contribution in [0.4, 0.5) is 13.2 Å². The molecule has 6 heteroatoms. The summed E-state index contributed by atoms with van der Waals surface area (Å²) in [6, 6.07) is 2.16. The van der Waals surface area contributed by atoms with Crippen molar-refractivity contribution in [3.05, 3.63) is 23.7 Å². The van der Waals surface area contributed by atoms with Crippen LogP contribution in [-0.2, 0) is 11.0 Å². The van der Waals surface area contributed by atoms with E-state index in [1.165, 1.54) is 6.07 Å². The minimum atomic E-state index is -4.46. The largest absolute Gasteiger partial charge is 0.456 e. The van der Waals surface area contributed by atoms with E-state index >= 15 is 0 Å². The molecule has 1 unspecified atom stereocenters. The lowest BCUT2D eigenvalue weighted by molar-refractivity contribution is -0.153. The van der Waals surface area contributed by atoms with Crippen molar-refractivity contribution < 1.29 is 22.4 Å². The standard InChI is InChI=1S/C9H8F3NO2/c10-9(11,12)7-2-1-6(15-7)5-3-8(14)13-4-5/h1-2,5H,3-4H2,(H,13,14). The number of nitrogens with one attached hydrogen (secondary N) is 1. The number of amides is 1. The summed E-state index contributed by atoms with van der Waals surface area (Å²) in [6.45, 7) is 0.337. The Hall–Kier alpha value is -1.46. The number of hydrogen-bond acceptors (Lipinski definition) is 2. The second-order valence-corrected chi connectivity index (χ2v) is 3.40. The third-order valence-corrected chi connectivity index (χ3v) is 2.29. The highest BCUT2D eigenvalue weighted by Gasteiger charge is 2.36. The molecule has 1 N–H and O–H groups in total. The van der Waals surface area contributed by atoms with Gasteiger partial charge in [-0.05, 0) is 12.1 Å². The van der Waals surface area contributed by atoms with Crippen LogP contribution in [0.2, 0.25) is 0 Å². The third-order valence-electron chi connectivity index (χ3n) is 2.29. The van der Waals surface area contributed by atoms with Crippen molar-refractivity contribution >= 4 is 5.91 Å². The lowest BCUT2D eigenvalue weighted by atomic mass is 10.1. The van der Waals surface area contributed by atoms with Gasteiger partial charge in [0.15, 0.2) is 0 Å². The molecular weight excluding hydrogens is 211 g/mol. The fraction of sp³-hybridized carbons (Fsp3) is 0.444. The Morgan fingerprint density at radius 1 is 1.40 bits per heavy atom. The van der Waals surface area contributed by atoms with Gasteiger partial charge >= 0.3 is 6.18 Å². The van der Waals surface area contributed by atoms with Crippen LogP contribution in [0.1, 0.15) is 23.9 Å². The first-order valence-corrected chi connectivity index (χ1v) is 4.40. The molecule has 1 aliphatic rings. The molecule has 0 spiro atoms. The van der Waals surface area contributed by atoms with E-state index in [2.05, 4.69) is 9.73 Å². The van der Waals surface area contributed by atoms with Crippen LogP contribution in [0.3, 0.4) is 0 Å². The molecule has 1 aromatic heterocycles. The summed E-state index contributed by atoms with van der Waals surface area (Å²) in [5.41, 5.74) is 0. The molecule has 1 aromatic rings. The maximum absolute atomic E-state index is 12.2. The quantitative estimate of drug-likeness (QED) is 0.783. The number of halogens is 3. The van der Waals surface area contributed by atoms with E-state index in [1.807, 2.05) is 0 Å². The highest BCUT2D eigenvalue weighted by Crippen LogP contribution is 2.33. The van der Waals surface area contributed by atoms with Gasteiger partial charge in [-0.1, -0.05) is 0 Å². The van der Waals surface area contributed by atoms with Crippen molar-refractivity contribution in [1.29, 1.82) is 0 Å². The number of carbonyl (C=O) groups is 1. The van der Waals surface area contributed by atoms with Crippen molar-refractivity contribution in [2.24, 2.45) is 0 Å². The highest BCUT2D eigenvalue weighted by molar-refractivity contribution is 5.79. The summed E-state index contributed by atoms with van der Waals surface area (Å²) in [5.74, 6) is -1.25. The Kier molecular flexibility index (Phi) is 2.21. The van der Waals surface area contributed by atoms with Crippen molar-refractivity contribution in [2.45, 2.75) is 18.5 Å². The van der Waals surface area contributed by atoms with Gasteiger partial charge in [0, 0.05) is 18.9 Å². The van der Waals surface area contributed by atoms with Crippen molar-refractivity contribution in [2.75, 3.05) is 6.54 Å². The molecule has 0 saturated carbocycles. The zero-order valence-electron chi connectivity index (χ0n) is 7.60. The number of hydrogen-bond donors (Lipinski definition) is 1. The van der Waals surface area contributed by atoms with E-state index in [9.17, 15) is 18.0 Å². The molecule has 2 heterocycles. The summed E-state index contributed by atoms with van der Waals surface area (Å²) in [5, 5.41) is 2.54. The fourth-order valence-electron chi connectivity index (χ4n) is 1.53. The summed E-state index contributed by atoms with van der Waals surface area (Å²) in [6.07, 6.45) is -4.28. The third kappa shape index (κ3) is 1.98. The molecule has 0 aliphatic carbocycles. The zero-order chi connectivity index (χ0) is 11.1. The van der Waals surface area contributed by atoms with Gasteiger partial charge in [-0.15, -0.1) is 0 Å². The number of rotatable bonds is 1. The predicted octanol–water partition coefficient (Wildman–Crippen LogP) is 1.90. The molecule has 82 valence electrons. The Morgan fingerprint density at radius 2 is 2.13 bits per heavy atom. The van der Waals surface area contributed by atoms with Crippen LogP contribution in [0.15, 0.2) is 16.5 Å². The molecular formula is C9H8F3NO2. The lowest BCUT2D eigenvalue weighted by Crippen LogP contribution is -2.13. The van der Waals surface area contributed by atoms with E-state index in [0.717, 1.165) is 6.07 Å². The molecule has 15 heavy (non-hydrogen) atoms. The van der Waals surface area contributed by atoms with Gasteiger partial charge in [-0.3, -0.25) is 4.79 Å². The van der Waals surface area contributed by atoms with Gasteiger partial charge in [-0.2, -0.15) is 13.2 Å². The molecule has 3 nitrogen and oxygen atoms in total. The average Bonchev–Trinajstić information content (AvgIpc) is 2.69. The number of carbonyl (C=O) groups excluding carboxylic acids is 1. The van der Waals surface area contributed by atoms with E-state index in [4.69, 9.17) is 0 Å². The van der Waals surface area contributed by atoms with Crippen LogP contribution < -0.4 is 5.32 Å². The molecule has 2 rings (SSSR count). The molecule has 0 radical (unpaired) electrons. The molecule has 0 aromatic carbocycles. The summed E-state index contributed by atoms with van der Waals surface area (Å²) in [7, 11) is 0. The monoisotopic (exact) mass is 219 g/mol. The number of furan rings is 1. The van der Waals surface area contributed by atoms with Crippen LogP contribution in [-0.4, -0.2) is 12.5 Å². The van der Waals surface area contributed by atoms with E-state index in [0.29, 0.717) is 6.54 Å². The Morgan fingerprint density at radius 3 is 2.60 bits per heavy atom. The van der Waals surface area contributed by atoms with Gasteiger partial charge < -0.3 is 9.73 Å². The summed E-state index contributed by atoms with van der Waals surface area (Å²) >= 11 is 0. The predicted molar refractivity (Wildman–Crippen MR) is 44.1 cm³/mol. The second kappa shape index (κ2) is 3.29. The fourth-order valence-corrected chi connectivity index (χ4v) is 1.53. The van der Waals surface area contributed by atoms with E-state index < -0.39 is 11.9 Å². The topological polar surface area (TPSA) is 42.2 Å². The van der Waals surface area contributed by atoms with E-state index in [-0.39, 0.29) is 24.0 Å². The van der Waals surface area contributed by atoms with Gasteiger partial charge in [0.1, 0.15) is 5.76 Å². The summed E-state index contributed by atoms with van der Waals surface area (Å²) < 4.78 is 41.2. The zero-order valence-corrected chi connectivity index (χ0v) is 7.60. The van der Waals surface area contributed by atoms with Crippen molar-refractivity contribution in [3.8, 4) is 0 Å². The smallest absolute Gasteiger partial charge is 0.449 e. The summed E-state index contributed by atoms with van der Waals surface area (Å²) in [4.78, 5) is 10.9. The average molecular weight is 219 g/mol. The highest BCUT2D eigenvalue weighted by atomic mass is 19.4. The first-order valence-electron chi connectivity index (χ1n) is 4.40. The van der Waals surface area contributed by atoms with Crippen LogP contribution in [0.5, 0.6) is 0 Å². The van der Waals surface area contributed by atoms with Gasteiger partial charge in [0.2, 0.25) is 11.7 Å². The van der Waals surface area contributed by atoms with Gasteiger partial charge in [0.25, 0.3) is 0 Å². The molecule has 1 aliphatic heterocycles. The lowest BCUT2D eigenvalue weighted by Gasteiger charge is -2.04. The molecule has 1 amide bonds. The molecule has 1 fully saturated rings. The van der Waals surface area contributed by atoms with Crippen LogP contribution in [0.25, 0.3) is 0 Å². The van der Waals surface area contributed by atoms with Crippen LogP contribution >= 0.6 is 0 Å². The van der Waals surface area contributed by atoms with Gasteiger partial charge in [0.05, 0.1) is 0 Å². The van der Waals surface area contributed by atoms with Crippen molar-refractivity contribution in [3.63, 3.8) is 0 Å². The maximum atomic E-state index is 12.2. The van der Waals surface area contributed by atoms with Crippen LogP contribution in [0, 0.1) is 0 Å². The minimum absolute atomic E-state index is 0.162. The first kappa shape index (κ1) is 10.1. The maximum Gasteiger partial charge on any atom is 0.449 e. The Labute approximate surface area is 83.3 Å².